The van der Waals surface area contributed by atoms with Crippen molar-refractivity contribution in [2.75, 3.05) is 14.2 Å². The fraction of sp³-hybridized carbons (Fsp3) is 0.222. The van der Waals surface area contributed by atoms with Crippen molar-refractivity contribution in [3.05, 3.63) is 95.6 Å². The quantitative estimate of drug-likeness (QED) is 0.290. The summed E-state index contributed by atoms with van der Waals surface area (Å²) >= 11 is 1.49. The molecule has 0 aliphatic rings. The Bertz CT molecular complexity index is 1310. The summed E-state index contributed by atoms with van der Waals surface area (Å²) in [5.74, 6) is 2.34. The maximum absolute atomic E-state index is 13.3. The molecule has 0 atom stereocenters. The van der Waals surface area contributed by atoms with Gasteiger partial charge in [0.1, 0.15) is 23.1 Å². The van der Waals surface area contributed by atoms with Crippen molar-refractivity contribution in [3.63, 3.8) is 0 Å². The van der Waals surface area contributed by atoms with E-state index in [9.17, 15) is 9.18 Å². The van der Waals surface area contributed by atoms with Crippen molar-refractivity contribution in [2.45, 2.75) is 30.3 Å². The summed E-state index contributed by atoms with van der Waals surface area (Å²) in [4.78, 5) is 12.6. The smallest absolute Gasteiger partial charge is 0.220 e. The summed E-state index contributed by atoms with van der Waals surface area (Å²) in [6, 6.07) is 21.6. The van der Waals surface area contributed by atoms with E-state index in [2.05, 4.69) is 15.5 Å². The number of nitrogens with zero attached hydrogens (tertiary/aromatic N) is 3. The molecular formula is C27H27FN4O3S. The van der Waals surface area contributed by atoms with Crippen LogP contribution < -0.4 is 14.8 Å². The molecule has 1 N–H and O–H groups in total. The molecular weight excluding hydrogens is 479 g/mol. The summed E-state index contributed by atoms with van der Waals surface area (Å²) in [7, 11) is 3.22. The first kappa shape index (κ1) is 25.2. The van der Waals surface area contributed by atoms with Crippen LogP contribution in [0, 0.1) is 5.82 Å². The third kappa shape index (κ3) is 6.42. The van der Waals surface area contributed by atoms with Gasteiger partial charge in [0.15, 0.2) is 5.16 Å². The third-order valence-corrected chi connectivity index (χ3v) is 6.54. The van der Waals surface area contributed by atoms with Gasteiger partial charge in [-0.2, -0.15) is 0 Å². The number of nitrogens with one attached hydrogen (secondary N) is 1. The molecule has 7 nitrogen and oxygen atoms in total. The van der Waals surface area contributed by atoms with Crippen LogP contribution in [0.4, 0.5) is 4.39 Å². The van der Waals surface area contributed by atoms with Gasteiger partial charge in [-0.1, -0.05) is 48.2 Å². The number of hydrogen-bond acceptors (Lipinski definition) is 6. The highest BCUT2D eigenvalue weighted by atomic mass is 32.2. The van der Waals surface area contributed by atoms with Crippen molar-refractivity contribution in [2.24, 2.45) is 0 Å². The standard InChI is InChI=1S/C27H27FN4O3S/c1-34-23-8-5-7-22(16-23)32-25(30-31-27(32)36-18-19-10-12-21(28)13-11-19)14-15-26(33)29-17-20-6-3-4-9-24(20)35-2/h3-13,16H,14-15,17-18H2,1-2H3,(H,29,33). The molecule has 0 fully saturated rings. The molecule has 9 heteroatoms. The van der Waals surface area contributed by atoms with Gasteiger partial charge in [-0.15, -0.1) is 10.2 Å². The van der Waals surface area contributed by atoms with E-state index in [4.69, 9.17) is 9.47 Å². The van der Waals surface area contributed by atoms with Crippen LogP contribution in [0.15, 0.2) is 78.0 Å². The summed E-state index contributed by atoms with van der Waals surface area (Å²) in [5, 5.41) is 12.4. The molecule has 0 saturated heterocycles. The van der Waals surface area contributed by atoms with Gasteiger partial charge in [0.25, 0.3) is 0 Å². The number of amides is 1. The average Bonchev–Trinajstić information content (AvgIpc) is 3.33. The van der Waals surface area contributed by atoms with Crippen molar-refractivity contribution < 1.29 is 18.7 Å². The molecule has 0 bridgehead atoms. The van der Waals surface area contributed by atoms with E-state index in [1.165, 1.54) is 23.9 Å². The Morgan fingerprint density at radius 1 is 1.00 bits per heavy atom. The summed E-state index contributed by atoms with van der Waals surface area (Å²) in [5.41, 5.74) is 2.72. The van der Waals surface area contributed by atoms with Crippen LogP contribution in [-0.2, 0) is 23.5 Å². The van der Waals surface area contributed by atoms with Crippen LogP contribution in [0.1, 0.15) is 23.4 Å². The number of ether oxygens (including phenoxy) is 2. The third-order valence-electron chi connectivity index (χ3n) is 5.54. The fourth-order valence-corrected chi connectivity index (χ4v) is 4.58. The highest BCUT2D eigenvalue weighted by Crippen LogP contribution is 2.27. The maximum atomic E-state index is 13.3. The van der Waals surface area contributed by atoms with Crippen molar-refractivity contribution in [1.29, 1.82) is 0 Å². The Morgan fingerprint density at radius 2 is 1.81 bits per heavy atom. The monoisotopic (exact) mass is 506 g/mol. The zero-order chi connectivity index (χ0) is 25.3. The number of thioether (sulfide) groups is 1. The second kappa shape index (κ2) is 12.2. The van der Waals surface area contributed by atoms with Gasteiger partial charge in [-0.3, -0.25) is 9.36 Å². The molecule has 4 aromatic rings. The van der Waals surface area contributed by atoms with E-state index in [1.54, 1.807) is 26.4 Å². The number of hydrogen-bond donors (Lipinski definition) is 1. The summed E-state index contributed by atoms with van der Waals surface area (Å²) < 4.78 is 25.9. The number of halogens is 1. The van der Waals surface area contributed by atoms with Crippen LogP contribution in [0.25, 0.3) is 5.69 Å². The largest absolute Gasteiger partial charge is 0.497 e. The van der Waals surface area contributed by atoms with Crippen LogP contribution in [0.5, 0.6) is 11.5 Å². The molecule has 0 unspecified atom stereocenters. The SMILES string of the molecule is COc1cccc(-n2c(CCC(=O)NCc3ccccc3OC)nnc2SCc2ccc(F)cc2)c1. The molecule has 1 aromatic heterocycles. The zero-order valence-electron chi connectivity index (χ0n) is 20.1. The lowest BCUT2D eigenvalue weighted by Gasteiger charge is -2.12. The lowest BCUT2D eigenvalue weighted by Crippen LogP contribution is -2.23. The number of carbonyl (C=O) groups excluding carboxylic acids is 1. The zero-order valence-corrected chi connectivity index (χ0v) is 20.9. The second-order valence-corrected chi connectivity index (χ2v) is 8.88. The summed E-state index contributed by atoms with van der Waals surface area (Å²) in [6.07, 6.45) is 0.652. The lowest BCUT2D eigenvalue weighted by atomic mass is 10.2. The molecule has 36 heavy (non-hydrogen) atoms. The van der Waals surface area contributed by atoms with E-state index in [0.29, 0.717) is 35.4 Å². The van der Waals surface area contributed by atoms with E-state index in [1.807, 2.05) is 53.1 Å². The molecule has 186 valence electrons. The predicted molar refractivity (Wildman–Crippen MR) is 137 cm³/mol. The molecule has 0 radical (unpaired) electrons. The molecule has 0 saturated carbocycles. The first-order valence-corrected chi connectivity index (χ1v) is 12.4. The van der Waals surface area contributed by atoms with Gasteiger partial charge in [0, 0.05) is 36.8 Å². The molecule has 1 amide bonds. The van der Waals surface area contributed by atoms with Gasteiger partial charge in [0.2, 0.25) is 5.91 Å². The number of rotatable bonds is 11. The Labute approximate surface area is 213 Å². The number of benzene rings is 3. The van der Waals surface area contributed by atoms with Crippen molar-refractivity contribution >= 4 is 17.7 Å². The normalized spacial score (nSPS) is 10.8. The molecule has 3 aromatic carbocycles. The van der Waals surface area contributed by atoms with Crippen LogP contribution in [-0.4, -0.2) is 34.9 Å². The molecule has 0 aliphatic heterocycles. The first-order chi connectivity index (χ1) is 17.6. The van der Waals surface area contributed by atoms with Crippen LogP contribution >= 0.6 is 11.8 Å². The average molecular weight is 507 g/mol. The summed E-state index contributed by atoms with van der Waals surface area (Å²) in [6.45, 7) is 0.379. The number of para-hydroxylation sites is 1. The minimum absolute atomic E-state index is 0.0957. The molecule has 1 heterocycles. The number of aryl methyl sites for hydroxylation is 1. The van der Waals surface area contributed by atoms with E-state index in [0.717, 1.165) is 22.6 Å². The minimum Gasteiger partial charge on any atom is -0.497 e. The number of carbonyl (C=O) groups is 1. The molecule has 0 spiro atoms. The van der Waals surface area contributed by atoms with Crippen molar-refractivity contribution in [1.82, 2.24) is 20.1 Å². The molecule has 4 rings (SSSR count). The lowest BCUT2D eigenvalue weighted by molar-refractivity contribution is -0.121. The number of methoxy groups -OCH3 is 2. The first-order valence-electron chi connectivity index (χ1n) is 11.4. The Hall–Kier alpha value is -3.85. The van der Waals surface area contributed by atoms with Gasteiger partial charge in [-0.25, -0.2) is 4.39 Å². The van der Waals surface area contributed by atoms with Crippen LogP contribution in [0.3, 0.4) is 0 Å². The van der Waals surface area contributed by atoms with Crippen LogP contribution in [0.2, 0.25) is 0 Å². The highest BCUT2D eigenvalue weighted by Gasteiger charge is 2.17. The van der Waals surface area contributed by atoms with Gasteiger partial charge < -0.3 is 14.8 Å². The van der Waals surface area contributed by atoms with E-state index < -0.39 is 0 Å². The van der Waals surface area contributed by atoms with E-state index in [-0.39, 0.29) is 18.1 Å². The van der Waals surface area contributed by atoms with Gasteiger partial charge in [0.05, 0.1) is 19.9 Å². The number of aromatic nitrogens is 3. The van der Waals surface area contributed by atoms with Crippen molar-refractivity contribution in [3.8, 4) is 17.2 Å². The Morgan fingerprint density at radius 3 is 2.58 bits per heavy atom. The predicted octanol–water partition coefficient (Wildman–Crippen LogP) is 4.96. The molecule has 0 aliphatic carbocycles. The second-order valence-electron chi connectivity index (χ2n) is 7.94. The fourth-order valence-electron chi connectivity index (χ4n) is 3.65. The topological polar surface area (TPSA) is 78.3 Å². The van der Waals surface area contributed by atoms with E-state index >= 15 is 0 Å². The minimum atomic E-state index is -0.269. The van der Waals surface area contributed by atoms with Gasteiger partial charge in [-0.05, 0) is 35.9 Å². The Kier molecular flexibility index (Phi) is 8.57. The van der Waals surface area contributed by atoms with Gasteiger partial charge >= 0.3 is 0 Å². The Balaban J connectivity index is 1.48. The highest BCUT2D eigenvalue weighted by molar-refractivity contribution is 7.98. The maximum Gasteiger partial charge on any atom is 0.220 e.